The number of nitrogens with one attached hydrogen (secondary N) is 1. The summed E-state index contributed by atoms with van der Waals surface area (Å²) in [5.41, 5.74) is 1.97. The van der Waals surface area contributed by atoms with E-state index >= 15 is 0 Å². The molecule has 118 valence electrons. The number of benzene rings is 2. The van der Waals surface area contributed by atoms with Gasteiger partial charge in [-0.1, -0.05) is 41.9 Å². The highest BCUT2D eigenvalue weighted by molar-refractivity contribution is 6.30. The lowest BCUT2D eigenvalue weighted by atomic mass is 10.1. The number of ether oxygens (including phenoxy) is 2. The van der Waals surface area contributed by atoms with E-state index in [1.54, 1.807) is 13.2 Å². The Morgan fingerprint density at radius 1 is 1.18 bits per heavy atom. The van der Waals surface area contributed by atoms with Gasteiger partial charge >= 0.3 is 0 Å². The van der Waals surface area contributed by atoms with Crippen molar-refractivity contribution in [3.63, 3.8) is 0 Å². The van der Waals surface area contributed by atoms with Crippen LogP contribution >= 0.6 is 11.6 Å². The molecule has 0 aliphatic rings. The molecular weight excluding hydrogens is 302 g/mol. The number of rotatable bonds is 8. The summed E-state index contributed by atoms with van der Waals surface area (Å²) in [5, 5.41) is 12.6. The van der Waals surface area contributed by atoms with Crippen LogP contribution in [0.3, 0.4) is 0 Å². The molecule has 2 N–H and O–H groups in total. The lowest BCUT2D eigenvalue weighted by molar-refractivity contribution is 0.277. The molecule has 22 heavy (non-hydrogen) atoms. The number of aliphatic hydroxyl groups excluding tert-OH is 1. The predicted octanol–water partition coefficient (Wildman–Crippen LogP) is 3.01. The molecule has 2 aromatic rings. The molecule has 0 aromatic heterocycles. The fraction of sp³-hybridized carbons (Fsp3) is 0.294. The molecule has 0 bridgehead atoms. The van der Waals surface area contributed by atoms with Gasteiger partial charge in [0.2, 0.25) is 0 Å². The van der Waals surface area contributed by atoms with Gasteiger partial charge in [-0.2, -0.15) is 0 Å². The van der Waals surface area contributed by atoms with Crippen LogP contribution in [0.25, 0.3) is 0 Å². The number of aliphatic hydroxyl groups is 1. The minimum absolute atomic E-state index is 0.0813. The highest BCUT2D eigenvalue weighted by Gasteiger charge is 2.13. The summed E-state index contributed by atoms with van der Waals surface area (Å²) in [6.07, 6.45) is 0. The summed E-state index contributed by atoms with van der Waals surface area (Å²) < 4.78 is 11.3. The van der Waals surface area contributed by atoms with E-state index in [1.165, 1.54) is 0 Å². The number of hydrogen-bond acceptors (Lipinski definition) is 4. The minimum atomic E-state index is 0.0813. The maximum Gasteiger partial charge on any atom is 0.166 e. The van der Waals surface area contributed by atoms with E-state index in [0.29, 0.717) is 36.2 Å². The molecule has 2 rings (SSSR count). The van der Waals surface area contributed by atoms with Crippen molar-refractivity contribution in [2.45, 2.75) is 13.2 Å². The molecule has 4 nitrogen and oxygen atoms in total. The van der Waals surface area contributed by atoms with Crippen molar-refractivity contribution in [2.24, 2.45) is 0 Å². The fourth-order valence-corrected chi connectivity index (χ4v) is 2.33. The molecule has 0 unspecified atom stereocenters. The molecule has 0 radical (unpaired) electrons. The predicted molar refractivity (Wildman–Crippen MR) is 87.6 cm³/mol. The topological polar surface area (TPSA) is 50.7 Å². The van der Waals surface area contributed by atoms with Crippen LogP contribution in [0, 0.1) is 0 Å². The minimum Gasteiger partial charge on any atom is -0.493 e. The van der Waals surface area contributed by atoms with Gasteiger partial charge in [-0.3, -0.25) is 0 Å². The van der Waals surface area contributed by atoms with Crippen LogP contribution < -0.4 is 14.8 Å². The van der Waals surface area contributed by atoms with Gasteiger partial charge in [0.15, 0.2) is 11.5 Å². The van der Waals surface area contributed by atoms with Crippen LogP contribution in [0.15, 0.2) is 42.5 Å². The highest BCUT2D eigenvalue weighted by Crippen LogP contribution is 2.35. The van der Waals surface area contributed by atoms with E-state index in [9.17, 15) is 0 Å². The molecule has 0 saturated heterocycles. The molecule has 0 heterocycles. The molecule has 0 aliphatic heterocycles. The third-order valence-corrected chi connectivity index (χ3v) is 3.36. The molecule has 0 fully saturated rings. The molecule has 2 aromatic carbocycles. The van der Waals surface area contributed by atoms with Gasteiger partial charge in [0.25, 0.3) is 0 Å². The molecule has 0 saturated carbocycles. The van der Waals surface area contributed by atoms with Crippen LogP contribution in [0.1, 0.15) is 11.1 Å². The Labute approximate surface area is 135 Å². The van der Waals surface area contributed by atoms with E-state index in [-0.39, 0.29) is 6.61 Å². The second-order valence-electron chi connectivity index (χ2n) is 4.77. The summed E-state index contributed by atoms with van der Waals surface area (Å²) in [6, 6.07) is 13.5. The summed E-state index contributed by atoms with van der Waals surface area (Å²) in [5.74, 6) is 1.27. The molecule has 5 heteroatoms. The highest BCUT2D eigenvalue weighted by atomic mass is 35.5. The number of halogens is 1. The van der Waals surface area contributed by atoms with Crippen molar-refractivity contribution >= 4 is 11.6 Å². The Balaban J connectivity index is 2.18. The Morgan fingerprint density at radius 3 is 2.64 bits per heavy atom. The van der Waals surface area contributed by atoms with Crippen molar-refractivity contribution in [2.75, 3.05) is 20.3 Å². The first-order valence-electron chi connectivity index (χ1n) is 7.09. The maximum absolute atomic E-state index is 8.88. The SMILES string of the molecule is COc1cc(Cl)cc(CNCCO)c1OCc1ccccc1. The van der Waals surface area contributed by atoms with E-state index < -0.39 is 0 Å². The zero-order valence-electron chi connectivity index (χ0n) is 12.5. The normalized spacial score (nSPS) is 10.5. The number of hydrogen-bond donors (Lipinski definition) is 2. The summed E-state index contributed by atoms with van der Waals surface area (Å²) in [7, 11) is 1.59. The van der Waals surface area contributed by atoms with Gasteiger partial charge in [-0.05, 0) is 11.6 Å². The van der Waals surface area contributed by atoms with Gasteiger partial charge in [-0.15, -0.1) is 0 Å². The third kappa shape index (κ3) is 4.63. The van der Waals surface area contributed by atoms with E-state index in [0.717, 1.165) is 11.1 Å². The first-order chi connectivity index (χ1) is 10.7. The molecule has 0 aliphatic carbocycles. The second kappa shape index (κ2) is 8.63. The average Bonchev–Trinajstić information content (AvgIpc) is 2.54. The van der Waals surface area contributed by atoms with Crippen LogP contribution in [0.2, 0.25) is 5.02 Å². The Kier molecular flexibility index (Phi) is 6.52. The van der Waals surface area contributed by atoms with Crippen molar-refractivity contribution in [1.29, 1.82) is 0 Å². The van der Waals surface area contributed by atoms with Crippen molar-refractivity contribution in [1.82, 2.24) is 5.32 Å². The summed E-state index contributed by atoms with van der Waals surface area (Å²) >= 11 is 6.12. The fourth-order valence-electron chi connectivity index (χ4n) is 2.10. The van der Waals surface area contributed by atoms with Crippen molar-refractivity contribution in [3.05, 3.63) is 58.6 Å². The van der Waals surface area contributed by atoms with Gasteiger partial charge < -0.3 is 19.9 Å². The van der Waals surface area contributed by atoms with E-state index in [1.807, 2.05) is 36.4 Å². The first-order valence-corrected chi connectivity index (χ1v) is 7.47. The Hall–Kier alpha value is -1.75. The molecule has 0 spiro atoms. The standard InChI is InChI=1S/C17H20ClNO3/c1-21-16-10-15(18)9-14(11-19-7-8-20)17(16)22-12-13-5-3-2-4-6-13/h2-6,9-10,19-20H,7-8,11-12H2,1H3. The smallest absolute Gasteiger partial charge is 0.166 e. The van der Waals surface area contributed by atoms with Crippen LogP contribution in [0.5, 0.6) is 11.5 Å². The Morgan fingerprint density at radius 2 is 1.95 bits per heavy atom. The monoisotopic (exact) mass is 321 g/mol. The number of methoxy groups -OCH3 is 1. The van der Waals surface area contributed by atoms with Gasteiger partial charge in [0.1, 0.15) is 6.61 Å². The van der Waals surface area contributed by atoms with E-state index in [2.05, 4.69) is 5.32 Å². The zero-order valence-corrected chi connectivity index (χ0v) is 13.3. The summed E-state index contributed by atoms with van der Waals surface area (Å²) in [6.45, 7) is 1.58. The lowest BCUT2D eigenvalue weighted by Gasteiger charge is -2.16. The Bertz CT molecular complexity index is 590. The van der Waals surface area contributed by atoms with Gasteiger partial charge in [0, 0.05) is 29.7 Å². The zero-order chi connectivity index (χ0) is 15.8. The second-order valence-corrected chi connectivity index (χ2v) is 5.21. The van der Waals surface area contributed by atoms with Crippen molar-refractivity contribution < 1.29 is 14.6 Å². The quantitative estimate of drug-likeness (QED) is 0.734. The van der Waals surface area contributed by atoms with Gasteiger partial charge in [-0.25, -0.2) is 0 Å². The van der Waals surface area contributed by atoms with Crippen molar-refractivity contribution in [3.8, 4) is 11.5 Å². The molecular formula is C17H20ClNO3. The first kappa shape index (κ1) is 16.6. The van der Waals surface area contributed by atoms with E-state index in [4.69, 9.17) is 26.2 Å². The summed E-state index contributed by atoms with van der Waals surface area (Å²) in [4.78, 5) is 0. The lowest BCUT2D eigenvalue weighted by Crippen LogP contribution is -2.18. The van der Waals surface area contributed by atoms with Gasteiger partial charge in [0.05, 0.1) is 13.7 Å². The maximum atomic E-state index is 8.88. The molecule has 0 atom stereocenters. The van der Waals surface area contributed by atoms with Crippen LogP contribution in [-0.4, -0.2) is 25.4 Å². The molecule has 0 amide bonds. The van der Waals surface area contributed by atoms with Crippen LogP contribution in [-0.2, 0) is 13.2 Å². The van der Waals surface area contributed by atoms with Crippen LogP contribution in [0.4, 0.5) is 0 Å². The average molecular weight is 322 g/mol. The largest absolute Gasteiger partial charge is 0.493 e. The third-order valence-electron chi connectivity index (χ3n) is 3.15.